The molecule has 26 heavy (non-hydrogen) atoms. The fourth-order valence-electron chi connectivity index (χ4n) is 3.20. The van der Waals surface area contributed by atoms with E-state index in [0.717, 1.165) is 12.1 Å². The van der Waals surface area contributed by atoms with Crippen LogP contribution in [0.3, 0.4) is 0 Å². The Bertz CT molecular complexity index is 781. The zero-order chi connectivity index (χ0) is 18.5. The summed E-state index contributed by atoms with van der Waals surface area (Å²) >= 11 is 6.14. The lowest BCUT2D eigenvalue weighted by atomic mass is 10.0. The lowest BCUT2D eigenvalue weighted by Gasteiger charge is -2.36. The lowest BCUT2D eigenvalue weighted by Crippen LogP contribution is -2.48. The van der Waals surface area contributed by atoms with Crippen molar-refractivity contribution in [3.8, 4) is 11.5 Å². The van der Waals surface area contributed by atoms with Crippen LogP contribution in [0.2, 0.25) is 5.02 Å². The van der Waals surface area contributed by atoms with E-state index in [4.69, 9.17) is 21.1 Å². The van der Waals surface area contributed by atoms with Gasteiger partial charge in [-0.1, -0.05) is 23.7 Å². The first-order chi connectivity index (χ1) is 12.6. The second kappa shape index (κ2) is 8.43. The molecular formula is C20H23ClN2O3. The number of nitrogens with zero attached hydrogens (tertiary/aromatic N) is 1. The fraction of sp³-hybridized carbons (Fsp3) is 0.350. The number of methoxy groups -OCH3 is 1. The van der Waals surface area contributed by atoms with Crippen LogP contribution in [0.15, 0.2) is 42.5 Å². The van der Waals surface area contributed by atoms with Crippen molar-refractivity contribution in [2.45, 2.75) is 13.0 Å². The van der Waals surface area contributed by atoms with Crippen molar-refractivity contribution in [2.24, 2.45) is 0 Å². The van der Waals surface area contributed by atoms with Crippen LogP contribution in [0.25, 0.3) is 0 Å². The van der Waals surface area contributed by atoms with E-state index >= 15 is 0 Å². The normalized spacial score (nSPS) is 17.0. The van der Waals surface area contributed by atoms with Gasteiger partial charge in [-0.25, -0.2) is 0 Å². The predicted octanol–water partition coefficient (Wildman–Crippen LogP) is 3.53. The Morgan fingerprint density at radius 2 is 2.12 bits per heavy atom. The van der Waals surface area contributed by atoms with Crippen LogP contribution in [0.4, 0.5) is 0 Å². The van der Waals surface area contributed by atoms with Crippen LogP contribution >= 0.6 is 11.6 Å². The van der Waals surface area contributed by atoms with Gasteiger partial charge in [0.1, 0.15) is 0 Å². The van der Waals surface area contributed by atoms with Crippen LogP contribution in [0.5, 0.6) is 11.5 Å². The highest BCUT2D eigenvalue weighted by Gasteiger charge is 2.29. The Morgan fingerprint density at radius 1 is 1.27 bits per heavy atom. The molecule has 0 saturated carbocycles. The molecule has 0 bridgehead atoms. The molecule has 1 aliphatic heterocycles. The number of nitrogens with one attached hydrogen (secondary N) is 1. The smallest absolute Gasteiger partial charge is 0.254 e. The maximum atomic E-state index is 13.2. The third-order valence-corrected chi connectivity index (χ3v) is 4.68. The molecule has 5 nitrogen and oxygen atoms in total. The Balaban J connectivity index is 1.89. The second-order valence-corrected chi connectivity index (χ2v) is 6.51. The number of hydrogen-bond donors (Lipinski definition) is 1. The van der Waals surface area contributed by atoms with Crippen molar-refractivity contribution >= 4 is 17.5 Å². The van der Waals surface area contributed by atoms with Gasteiger partial charge in [0.05, 0.1) is 19.8 Å². The number of rotatable bonds is 5. The first kappa shape index (κ1) is 18.5. The van der Waals surface area contributed by atoms with Crippen LogP contribution in [-0.2, 0) is 0 Å². The summed E-state index contributed by atoms with van der Waals surface area (Å²) in [4.78, 5) is 15.1. The van der Waals surface area contributed by atoms with Crippen LogP contribution in [0.1, 0.15) is 28.9 Å². The summed E-state index contributed by atoms with van der Waals surface area (Å²) < 4.78 is 10.9. The maximum absolute atomic E-state index is 13.2. The van der Waals surface area contributed by atoms with Crippen LogP contribution < -0.4 is 14.8 Å². The molecule has 1 atom stereocenters. The van der Waals surface area contributed by atoms with E-state index in [1.165, 1.54) is 0 Å². The van der Waals surface area contributed by atoms with Crippen molar-refractivity contribution in [1.82, 2.24) is 10.2 Å². The van der Waals surface area contributed by atoms with Gasteiger partial charge in [0.2, 0.25) is 0 Å². The molecule has 6 heteroatoms. The first-order valence-electron chi connectivity index (χ1n) is 8.72. The summed E-state index contributed by atoms with van der Waals surface area (Å²) in [5, 5.41) is 4.03. The summed E-state index contributed by atoms with van der Waals surface area (Å²) in [6, 6.07) is 12.9. The number of benzene rings is 2. The van der Waals surface area contributed by atoms with E-state index in [9.17, 15) is 4.79 Å². The molecule has 1 fully saturated rings. The van der Waals surface area contributed by atoms with E-state index < -0.39 is 0 Å². The minimum absolute atomic E-state index is 0.0298. The molecule has 2 aromatic carbocycles. The molecule has 0 aromatic heterocycles. The molecule has 1 N–H and O–H groups in total. The Kier molecular flexibility index (Phi) is 6.01. The Morgan fingerprint density at radius 3 is 2.85 bits per heavy atom. The molecule has 0 spiro atoms. The Hall–Kier alpha value is -2.24. The molecular weight excluding hydrogens is 352 g/mol. The quantitative estimate of drug-likeness (QED) is 0.869. The highest BCUT2D eigenvalue weighted by atomic mass is 35.5. The SMILES string of the molecule is CCOc1ccc(C(=O)N2CCNCC2c2cccc(Cl)c2)cc1OC. The van der Waals surface area contributed by atoms with Gasteiger partial charge >= 0.3 is 0 Å². The maximum Gasteiger partial charge on any atom is 0.254 e. The van der Waals surface area contributed by atoms with Gasteiger partial charge in [-0.2, -0.15) is 0 Å². The Labute approximate surface area is 158 Å². The van der Waals surface area contributed by atoms with Gasteiger partial charge in [0.15, 0.2) is 11.5 Å². The molecule has 0 radical (unpaired) electrons. The minimum atomic E-state index is -0.0625. The number of carbonyl (C=O) groups excluding carboxylic acids is 1. The monoisotopic (exact) mass is 374 g/mol. The average Bonchev–Trinajstić information content (AvgIpc) is 2.68. The zero-order valence-corrected chi connectivity index (χ0v) is 15.8. The number of piperazine rings is 1. The van der Waals surface area contributed by atoms with Gasteiger partial charge < -0.3 is 19.7 Å². The van der Waals surface area contributed by atoms with Crippen molar-refractivity contribution in [3.63, 3.8) is 0 Å². The van der Waals surface area contributed by atoms with Gasteiger partial charge in [-0.3, -0.25) is 4.79 Å². The molecule has 1 saturated heterocycles. The van der Waals surface area contributed by atoms with Gasteiger partial charge in [-0.05, 0) is 42.8 Å². The van der Waals surface area contributed by atoms with Crippen molar-refractivity contribution < 1.29 is 14.3 Å². The third-order valence-electron chi connectivity index (χ3n) is 4.45. The van der Waals surface area contributed by atoms with Crippen molar-refractivity contribution in [3.05, 3.63) is 58.6 Å². The van der Waals surface area contributed by atoms with Gasteiger partial charge in [0.25, 0.3) is 5.91 Å². The highest BCUT2D eigenvalue weighted by molar-refractivity contribution is 6.30. The molecule has 1 amide bonds. The summed E-state index contributed by atoms with van der Waals surface area (Å²) in [6.07, 6.45) is 0. The van der Waals surface area contributed by atoms with E-state index in [1.807, 2.05) is 36.1 Å². The molecule has 1 unspecified atom stereocenters. The zero-order valence-electron chi connectivity index (χ0n) is 15.0. The van der Waals surface area contributed by atoms with Crippen molar-refractivity contribution in [2.75, 3.05) is 33.4 Å². The third kappa shape index (κ3) is 3.94. The minimum Gasteiger partial charge on any atom is -0.493 e. The number of ether oxygens (including phenoxy) is 2. The molecule has 1 heterocycles. The standard InChI is InChI=1S/C20H23ClN2O3/c1-3-26-18-8-7-15(12-19(18)25-2)20(24)23-10-9-22-13-17(23)14-5-4-6-16(21)11-14/h4-8,11-12,17,22H,3,9-10,13H2,1-2H3. The van der Waals surface area contributed by atoms with Crippen molar-refractivity contribution in [1.29, 1.82) is 0 Å². The van der Waals surface area contributed by atoms with E-state index in [0.29, 0.717) is 41.8 Å². The van der Waals surface area contributed by atoms with Crippen LogP contribution in [-0.4, -0.2) is 44.2 Å². The first-order valence-corrected chi connectivity index (χ1v) is 9.09. The highest BCUT2D eigenvalue weighted by Crippen LogP contribution is 2.31. The van der Waals surface area contributed by atoms with E-state index in [1.54, 1.807) is 25.3 Å². The predicted molar refractivity (Wildman–Crippen MR) is 102 cm³/mol. The van der Waals surface area contributed by atoms with Gasteiger partial charge in [0, 0.05) is 30.2 Å². The molecule has 1 aliphatic rings. The largest absolute Gasteiger partial charge is 0.493 e. The average molecular weight is 375 g/mol. The lowest BCUT2D eigenvalue weighted by molar-refractivity contribution is 0.0634. The summed E-state index contributed by atoms with van der Waals surface area (Å²) in [6.45, 7) is 4.54. The van der Waals surface area contributed by atoms with E-state index in [2.05, 4.69) is 5.32 Å². The summed E-state index contributed by atoms with van der Waals surface area (Å²) in [5.74, 6) is 1.17. The van der Waals surface area contributed by atoms with Gasteiger partial charge in [-0.15, -0.1) is 0 Å². The number of carbonyl (C=O) groups is 1. The number of amides is 1. The molecule has 138 valence electrons. The summed E-state index contributed by atoms with van der Waals surface area (Å²) in [7, 11) is 1.58. The molecule has 3 rings (SSSR count). The molecule has 0 aliphatic carbocycles. The van der Waals surface area contributed by atoms with E-state index in [-0.39, 0.29) is 11.9 Å². The topological polar surface area (TPSA) is 50.8 Å². The number of halogens is 1. The van der Waals surface area contributed by atoms with Crippen LogP contribution in [0, 0.1) is 0 Å². The molecule has 2 aromatic rings. The number of hydrogen-bond acceptors (Lipinski definition) is 4. The second-order valence-electron chi connectivity index (χ2n) is 6.07. The fourth-order valence-corrected chi connectivity index (χ4v) is 3.40. The summed E-state index contributed by atoms with van der Waals surface area (Å²) in [5.41, 5.74) is 1.61.